The van der Waals surface area contributed by atoms with Gasteiger partial charge in [0, 0.05) is 0 Å². The Morgan fingerprint density at radius 1 is 0.500 bits per heavy atom. The Morgan fingerprint density at radius 3 is 0.500 bits per heavy atom. The van der Waals surface area contributed by atoms with E-state index in [0.29, 0.717) is 0 Å². The van der Waals surface area contributed by atoms with E-state index in [1.807, 2.05) is 0 Å². The van der Waals surface area contributed by atoms with Crippen LogP contribution in [0.3, 0.4) is 0 Å². The van der Waals surface area contributed by atoms with Crippen LogP contribution in [0.25, 0.3) is 0 Å². The van der Waals surface area contributed by atoms with Crippen molar-refractivity contribution in [1.29, 1.82) is 0 Å². The van der Waals surface area contributed by atoms with Gasteiger partial charge in [0.1, 0.15) is 0 Å². The maximum Gasteiger partial charge on any atom is 2.00 e. The fourth-order valence-electron chi connectivity index (χ4n) is 0. The molecule has 0 amide bonds. The summed E-state index contributed by atoms with van der Waals surface area (Å²) in [5.41, 5.74) is 0. The first-order valence-electron chi connectivity index (χ1n) is 1.41. The summed E-state index contributed by atoms with van der Waals surface area (Å²) in [7, 11) is -5.83. The van der Waals surface area contributed by atoms with Crippen LogP contribution in [0, 0.1) is 0 Å². The summed E-state index contributed by atoms with van der Waals surface area (Å²) in [5.74, 6) is 0. The van der Waals surface area contributed by atoms with Crippen LogP contribution in [0.1, 0.15) is 0 Å². The zero-order chi connectivity index (χ0) is 7.15. The molecular weight excluding hydrogens is 254 g/mol. The van der Waals surface area contributed by atoms with Gasteiger partial charge in [0.15, 0.2) is 0 Å². The summed E-state index contributed by atoms with van der Waals surface area (Å²) in [6, 6.07) is 0. The van der Waals surface area contributed by atoms with Crippen LogP contribution in [-0.4, -0.2) is 133 Å². The third kappa shape index (κ3) is 165. The molecular formula is H2B2Ca3O7. The Balaban J connectivity index is -0.0000000112. The molecule has 0 unspecified atom stereocenters. The molecule has 7 nitrogen and oxygen atoms in total. The molecule has 0 aromatic heterocycles. The molecule has 0 atom stereocenters. The molecule has 56 valence electrons. The monoisotopic (exact) mass is 256 g/mol. The summed E-state index contributed by atoms with van der Waals surface area (Å²) in [5, 5.41) is 50.5. The molecule has 0 saturated heterocycles. The average Bonchev–Trinajstić information content (AvgIpc) is 1.25. The van der Waals surface area contributed by atoms with E-state index >= 15 is 0 Å². The molecule has 0 aromatic carbocycles. The van der Waals surface area contributed by atoms with Crippen LogP contribution >= 0.6 is 0 Å². The summed E-state index contributed by atoms with van der Waals surface area (Å²) >= 11 is 0. The molecule has 0 spiro atoms. The van der Waals surface area contributed by atoms with Gasteiger partial charge in [0.25, 0.3) is 0 Å². The fraction of sp³-hybridized carbons (Fsp3) is 0. The molecule has 0 rings (SSSR count). The topological polar surface area (TPSA) is 170 Å². The summed E-state index contributed by atoms with van der Waals surface area (Å²) in [6.07, 6.45) is 0. The van der Waals surface area contributed by atoms with Crippen LogP contribution in [0.15, 0.2) is 0 Å². The first kappa shape index (κ1) is 36.1. The van der Waals surface area contributed by atoms with Crippen LogP contribution in [0.5, 0.6) is 0 Å². The van der Waals surface area contributed by atoms with Crippen molar-refractivity contribution in [2.24, 2.45) is 0 Å². The summed E-state index contributed by atoms with van der Waals surface area (Å²) in [4.78, 5) is 0. The zero-order valence-electron chi connectivity index (χ0n) is 6.23. The van der Waals surface area contributed by atoms with Gasteiger partial charge in [-0.2, -0.15) is 0 Å². The van der Waals surface area contributed by atoms with Gasteiger partial charge in [-0.05, 0) is 0 Å². The van der Waals surface area contributed by atoms with E-state index in [1.165, 1.54) is 0 Å². The standard InChI is InChI=1S/2BO3.3Ca.H2O/c2*2-1(3)4;;;;/h;;;;;1H2/q2*-3;3*+2;. The Bertz CT molecular complexity index is 32.1. The van der Waals surface area contributed by atoms with Gasteiger partial charge < -0.3 is 35.6 Å². The fourth-order valence-corrected chi connectivity index (χ4v) is 0. The molecule has 0 aromatic rings. The Hall–Kier alpha value is 3.63. The summed E-state index contributed by atoms with van der Waals surface area (Å²) < 4.78 is 0. The smallest absolute Gasteiger partial charge is 0.907 e. The molecule has 0 aliphatic heterocycles. The van der Waals surface area contributed by atoms with Crippen LogP contribution < -0.4 is 30.1 Å². The van der Waals surface area contributed by atoms with E-state index in [0.717, 1.165) is 0 Å². The van der Waals surface area contributed by atoms with Gasteiger partial charge in [-0.25, -0.2) is 0 Å². The average molecular weight is 256 g/mol. The molecule has 0 aliphatic carbocycles. The molecule has 12 heteroatoms. The Morgan fingerprint density at radius 2 is 0.500 bits per heavy atom. The summed E-state index contributed by atoms with van der Waals surface area (Å²) in [6.45, 7) is 0. The molecule has 2 N–H and O–H groups in total. The molecule has 0 fully saturated rings. The molecule has 0 radical (unpaired) electrons. The second-order valence-electron chi connectivity index (χ2n) is 0.577. The van der Waals surface area contributed by atoms with Crippen LogP contribution in [0.2, 0.25) is 0 Å². The van der Waals surface area contributed by atoms with Crippen molar-refractivity contribution in [1.82, 2.24) is 0 Å². The van der Waals surface area contributed by atoms with E-state index in [-0.39, 0.29) is 119 Å². The van der Waals surface area contributed by atoms with Crippen LogP contribution in [-0.2, 0) is 0 Å². The van der Waals surface area contributed by atoms with Gasteiger partial charge in [-0.3, -0.25) is 14.6 Å². The minimum Gasteiger partial charge on any atom is -0.907 e. The van der Waals surface area contributed by atoms with Crippen molar-refractivity contribution in [3.05, 3.63) is 0 Å². The zero-order valence-corrected chi connectivity index (χ0v) is 12.9. The van der Waals surface area contributed by atoms with Crippen molar-refractivity contribution >= 4 is 128 Å². The van der Waals surface area contributed by atoms with Crippen LogP contribution in [0.4, 0.5) is 0 Å². The van der Waals surface area contributed by atoms with Gasteiger partial charge in [-0.1, -0.05) is 0 Å². The van der Waals surface area contributed by atoms with Crippen molar-refractivity contribution in [3.63, 3.8) is 0 Å². The van der Waals surface area contributed by atoms with E-state index in [1.54, 1.807) is 0 Å². The van der Waals surface area contributed by atoms with Gasteiger partial charge in [0.05, 0.1) is 0 Å². The maximum atomic E-state index is 8.42. The Labute approximate surface area is 160 Å². The predicted molar refractivity (Wildman–Crippen MR) is 32.4 cm³/mol. The minimum atomic E-state index is -2.92. The third-order valence-electron chi connectivity index (χ3n) is 0. The number of rotatable bonds is 0. The van der Waals surface area contributed by atoms with E-state index < -0.39 is 14.6 Å². The second kappa shape index (κ2) is 29.3. The van der Waals surface area contributed by atoms with Crippen molar-refractivity contribution in [2.75, 3.05) is 0 Å². The maximum absolute atomic E-state index is 8.42. The van der Waals surface area contributed by atoms with Crippen molar-refractivity contribution < 1.29 is 35.6 Å². The molecule has 12 heavy (non-hydrogen) atoms. The molecule has 0 saturated carbocycles. The van der Waals surface area contributed by atoms with Crippen molar-refractivity contribution in [2.45, 2.75) is 0 Å². The largest absolute Gasteiger partial charge is 2.00 e. The number of hydrogen-bond donors (Lipinski definition) is 0. The minimum absolute atomic E-state index is 0. The third-order valence-corrected chi connectivity index (χ3v) is 0. The first-order chi connectivity index (χ1) is 3.46. The normalized spacial score (nSPS) is 4.50. The molecule has 0 aliphatic rings. The van der Waals surface area contributed by atoms with Gasteiger partial charge in [-0.15, -0.1) is 0 Å². The first-order valence-corrected chi connectivity index (χ1v) is 1.41. The quantitative estimate of drug-likeness (QED) is 0.389. The van der Waals surface area contributed by atoms with Gasteiger partial charge in [0.2, 0.25) is 0 Å². The van der Waals surface area contributed by atoms with E-state index in [4.69, 9.17) is 30.1 Å². The van der Waals surface area contributed by atoms with E-state index in [9.17, 15) is 0 Å². The molecule has 0 heterocycles. The molecule has 0 bridgehead atoms. The second-order valence-corrected chi connectivity index (χ2v) is 0.577. The number of hydrogen-bond acceptors (Lipinski definition) is 6. The van der Waals surface area contributed by atoms with E-state index in [2.05, 4.69) is 0 Å². The Kier molecular flexibility index (Phi) is 88.1. The van der Waals surface area contributed by atoms with Crippen molar-refractivity contribution in [3.8, 4) is 0 Å². The predicted octanol–water partition coefficient (Wildman–Crippen LogP) is -9.86. The van der Waals surface area contributed by atoms with Gasteiger partial charge >= 0.3 is 113 Å². The SMILES string of the molecule is O.[Ca+2].[Ca+2].[Ca+2].[O-]B([O-])[O-].[O-]B([O-])[O-].